The highest BCUT2D eigenvalue weighted by Crippen LogP contribution is 2.31. The monoisotopic (exact) mass is 240 g/mol. The van der Waals surface area contributed by atoms with E-state index in [4.69, 9.17) is 9.47 Å². The van der Waals surface area contributed by atoms with Crippen LogP contribution < -0.4 is 5.32 Å². The molecule has 98 valence electrons. The minimum Gasteiger partial charge on any atom is -0.379 e. The highest BCUT2D eigenvalue weighted by Gasteiger charge is 2.43. The van der Waals surface area contributed by atoms with E-state index in [1.807, 2.05) is 0 Å². The van der Waals surface area contributed by atoms with Crippen molar-refractivity contribution in [3.05, 3.63) is 0 Å². The largest absolute Gasteiger partial charge is 0.379 e. The van der Waals surface area contributed by atoms with Crippen LogP contribution in [0.4, 0.5) is 0 Å². The van der Waals surface area contributed by atoms with Gasteiger partial charge in [0.2, 0.25) is 0 Å². The lowest BCUT2D eigenvalue weighted by molar-refractivity contribution is -0.0776. The van der Waals surface area contributed by atoms with Gasteiger partial charge in [-0.25, -0.2) is 0 Å². The van der Waals surface area contributed by atoms with Crippen molar-refractivity contribution in [3.63, 3.8) is 0 Å². The van der Waals surface area contributed by atoms with E-state index in [1.54, 1.807) is 0 Å². The third-order valence-electron chi connectivity index (χ3n) is 4.57. The maximum absolute atomic E-state index is 5.69. The van der Waals surface area contributed by atoms with Crippen LogP contribution >= 0.6 is 0 Å². The molecule has 1 atom stereocenters. The van der Waals surface area contributed by atoms with Gasteiger partial charge in [-0.1, -0.05) is 0 Å². The Balaban J connectivity index is 1.62. The van der Waals surface area contributed by atoms with E-state index >= 15 is 0 Å². The Bertz CT molecular complexity index is 248. The van der Waals surface area contributed by atoms with Crippen LogP contribution in [-0.4, -0.2) is 63.0 Å². The van der Waals surface area contributed by atoms with Gasteiger partial charge in [-0.05, 0) is 38.3 Å². The number of hydrogen-bond donors (Lipinski definition) is 1. The normalized spacial score (nSPS) is 36.7. The lowest BCUT2D eigenvalue weighted by atomic mass is 9.91. The fourth-order valence-corrected chi connectivity index (χ4v) is 3.39. The first-order valence-corrected chi connectivity index (χ1v) is 7.00. The van der Waals surface area contributed by atoms with Crippen LogP contribution in [0.2, 0.25) is 0 Å². The molecular formula is C13H24N2O2. The topological polar surface area (TPSA) is 33.7 Å². The molecule has 17 heavy (non-hydrogen) atoms. The van der Waals surface area contributed by atoms with Crippen molar-refractivity contribution in [3.8, 4) is 0 Å². The maximum atomic E-state index is 5.69. The lowest BCUT2D eigenvalue weighted by Gasteiger charge is -2.45. The van der Waals surface area contributed by atoms with Crippen LogP contribution in [-0.2, 0) is 9.47 Å². The van der Waals surface area contributed by atoms with Gasteiger partial charge in [-0.3, -0.25) is 4.90 Å². The Morgan fingerprint density at radius 1 is 1.12 bits per heavy atom. The molecule has 3 aliphatic rings. The minimum atomic E-state index is 0.211. The summed E-state index contributed by atoms with van der Waals surface area (Å²) >= 11 is 0. The zero-order chi connectivity index (χ0) is 11.6. The number of rotatable bonds is 2. The van der Waals surface area contributed by atoms with Gasteiger partial charge >= 0.3 is 0 Å². The quantitative estimate of drug-likeness (QED) is 0.761. The molecule has 3 heterocycles. The van der Waals surface area contributed by atoms with Gasteiger partial charge in [0.25, 0.3) is 0 Å². The molecule has 0 saturated carbocycles. The number of morpholine rings is 1. The second-order valence-corrected chi connectivity index (χ2v) is 5.72. The molecule has 0 aliphatic carbocycles. The van der Waals surface area contributed by atoms with E-state index in [9.17, 15) is 0 Å². The summed E-state index contributed by atoms with van der Waals surface area (Å²) in [6.45, 7) is 8.27. The third kappa shape index (κ3) is 2.50. The molecule has 0 bridgehead atoms. The second kappa shape index (κ2) is 5.22. The summed E-state index contributed by atoms with van der Waals surface area (Å²) in [5.74, 6) is 0.867. The smallest absolute Gasteiger partial charge is 0.0701 e. The maximum Gasteiger partial charge on any atom is 0.0701 e. The van der Waals surface area contributed by atoms with Gasteiger partial charge in [0.05, 0.1) is 25.4 Å². The summed E-state index contributed by atoms with van der Waals surface area (Å²) in [5, 5.41) is 3.45. The Morgan fingerprint density at radius 3 is 2.65 bits per heavy atom. The second-order valence-electron chi connectivity index (χ2n) is 5.72. The van der Waals surface area contributed by atoms with Crippen LogP contribution in [0.15, 0.2) is 0 Å². The van der Waals surface area contributed by atoms with Crippen molar-refractivity contribution in [1.29, 1.82) is 0 Å². The molecule has 4 nitrogen and oxygen atoms in total. The van der Waals surface area contributed by atoms with Crippen LogP contribution in [0, 0.1) is 5.92 Å². The summed E-state index contributed by atoms with van der Waals surface area (Å²) in [6.07, 6.45) is 3.81. The van der Waals surface area contributed by atoms with Crippen molar-refractivity contribution in [2.45, 2.75) is 24.8 Å². The minimum absolute atomic E-state index is 0.211. The zero-order valence-electron chi connectivity index (χ0n) is 10.6. The third-order valence-corrected chi connectivity index (χ3v) is 4.57. The molecule has 0 aromatic carbocycles. The Hall–Kier alpha value is -0.160. The molecule has 0 aromatic heterocycles. The highest BCUT2D eigenvalue weighted by molar-refractivity contribution is 4.97. The number of nitrogens with one attached hydrogen (secondary N) is 1. The van der Waals surface area contributed by atoms with Gasteiger partial charge in [0.1, 0.15) is 0 Å². The molecule has 0 aromatic rings. The average molecular weight is 240 g/mol. The van der Waals surface area contributed by atoms with E-state index in [1.165, 1.54) is 32.5 Å². The molecular weight excluding hydrogens is 216 g/mol. The van der Waals surface area contributed by atoms with Crippen molar-refractivity contribution < 1.29 is 9.47 Å². The number of nitrogens with zero attached hydrogens (tertiary/aromatic N) is 1. The molecule has 0 amide bonds. The molecule has 1 N–H and O–H groups in total. The standard InChI is InChI=1S/C13H24N2O2/c1-4-14-5-2-12(1)9-15-6-8-17-11-13(15)3-7-16-10-13/h12,14H,1-11H2. The molecule has 3 fully saturated rings. The van der Waals surface area contributed by atoms with Crippen molar-refractivity contribution in [1.82, 2.24) is 10.2 Å². The van der Waals surface area contributed by atoms with E-state index in [0.717, 1.165) is 45.3 Å². The van der Waals surface area contributed by atoms with E-state index in [-0.39, 0.29) is 5.54 Å². The van der Waals surface area contributed by atoms with Crippen LogP contribution in [0.5, 0.6) is 0 Å². The SMILES string of the molecule is C1CC(CN2CCOCC23CCOC3)CCN1. The van der Waals surface area contributed by atoms with E-state index in [2.05, 4.69) is 10.2 Å². The summed E-state index contributed by atoms with van der Waals surface area (Å²) < 4.78 is 11.3. The summed E-state index contributed by atoms with van der Waals surface area (Å²) in [4.78, 5) is 2.67. The predicted octanol–water partition coefficient (Wildman–Crippen LogP) is 0.477. The van der Waals surface area contributed by atoms with Crippen molar-refractivity contribution in [2.75, 3.05) is 52.6 Å². The van der Waals surface area contributed by atoms with Gasteiger partial charge in [-0.15, -0.1) is 0 Å². The first kappa shape index (κ1) is 11.9. The number of ether oxygens (including phenoxy) is 2. The van der Waals surface area contributed by atoms with Gasteiger partial charge < -0.3 is 14.8 Å². The predicted molar refractivity (Wildman–Crippen MR) is 66.2 cm³/mol. The first-order chi connectivity index (χ1) is 8.39. The molecule has 3 rings (SSSR count). The van der Waals surface area contributed by atoms with Crippen molar-refractivity contribution in [2.24, 2.45) is 5.92 Å². The lowest BCUT2D eigenvalue weighted by Crippen LogP contribution is -2.59. The van der Waals surface area contributed by atoms with E-state index < -0.39 is 0 Å². The highest BCUT2D eigenvalue weighted by atomic mass is 16.5. The van der Waals surface area contributed by atoms with Gasteiger partial charge in [0, 0.05) is 19.7 Å². The molecule has 0 radical (unpaired) electrons. The van der Waals surface area contributed by atoms with Crippen LogP contribution in [0.1, 0.15) is 19.3 Å². The first-order valence-electron chi connectivity index (χ1n) is 7.00. The Kier molecular flexibility index (Phi) is 3.66. The van der Waals surface area contributed by atoms with Gasteiger partial charge in [-0.2, -0.15) is 0 Å². The molecule has 4 heteroatoms. The summed E-state index contributed by atoms with van der Waals surface area (Å²) in [6, 6.07) is 0. The molecule has 1 spiro atoms. The fourth-order valence-electron chi connectivity index (χ4n) is 3.39. The molecule has 3 saturated heterocycles. The van der Waals surface area contributed by atoms with E-state index in [0.29, 0.717) is 0 Å². The Labute approximate surface area is 104 Å². The average Bonchev–Trinajstić information content (AvgIpc) is 2.83. The number of hydrogen-bond acceptors (Lipinski definition) is 4. The summed E-state index contributed by atoms with van der Waals surface area (Å²) in [7, 11) is 0. The fraction of sp³-hybridized carbons (Fsp3) is 1.00. The number of piperidine rings is 1. The van der Waals surface area contributed by atoms with Crippen LogP contribution in [0.25, 0.3) is 0 Å². The Morgan fingerprint density at radius 2 is 1.88 bits per heavy atom. The summed E-state index contributed by atoms with van der Waals surface area (Å²) in [5.41, 5.74) is 0.211. The molecule has 3 aliphatic heterocycles. The van der Waals surface area contributed by atoms with Gasteiger partial charge in [0.15, 0.2) is 0 Å². The van der Waals surface area contributed by atoms with Crippen molar-refractivity contribution >= 4 is 0 Å². The zero-order valence-corrected chi connectivity index (χ0v) is 10.6. The molecule has 1 unspecified atom stereocenters. The van der Waals surface area contributed by atoms with Crippen LogP contribution in [0.3, 0.4) is 0 Å².